The zero-order valence-electron chi connectivity index (χ0n) is 40.6. The Morgan fingerprint density at radius 1 is 0.516 bits per heavy atom. The summed E-state index contributed by atoms with van der Waals surface area (Å²) < 4.78 is 35.1. The molecule has 0 aromatic rings. The van der Waals surface area contributed by atoms with Crippen LogP contribution in [0, 0.1) is 0 Å². The third-order valence-corrected chi connectivity index (χ3v) is 11.2. The van der Waals surface area contributed by atoms with Crippen LogP contribution in [-0.2, 0) is 27.9 Å². The molecule has 0 radical (unpaired) electrons. The molecule has 0 aliphatic heterocycles. The highest BCUT2D eigenvalue weighted by atomic mass is 31.2. The second-order valence-corrected chi connectivity index (χ2v) is 18.9. The summed E-state index contributed by atoms with van der Waals surface area (Å²) in [6.07, 6.45) is 60.5. The summed E-state index contributed by atoms with van der Waals surface area (Å²) in [5.41, 5.74) is 0. The Balaban J connectivity index is 4.20. The van der Waals surface area contributed by atoms with Crippen LogP contribution in [0.25, 0.3) is 0 Å². The Bertz CT molecular complexity index is 1260. The summed E-state index contributed by atoms with van der Waals surface area (Å²) in [5.74, 6) is -0.333. The molecular weight excluding hydrogens is 794 g/mol. The van der Waals surface area contributed by atoms with E-state index in [1.54, 1.807) is 0 Å². The summed E-state index contributed by atoms with van der Waals surface area (Å²) in [7, 11) is 1.64. The normalized spacial score (nSPS) is 14.4. The van der Waals surface area contributed by atoms with Crippen LogP contribution in [0.15, 0.2) is 85.1 Å². The number of phosphoric acid groups is 1. The van der Waals surface area contributed by atoms with Crippen LogP contribution in [-0.4, -0.2) is 75.6 Å². The maximum Gasteiger partial charge on any atom is 0.472 e. The number of quaternary nitrogens is 1. The summed E-state index contributed by atoms with van der Waals surface area (Å²) in [6, 6.07) is 0. The van der Waals surface area contributed by atoms with Crippen LogP contribution in [0.1, 0.15) is 187 Å². The fourth-order valence-corrected chi connectivity index (χ4v) is 7.12. The van der Waals surface area contributed by atoms with Gasteiger partial charge in [-0.1, -0.05) is 176 Å². The van der Waals surface area contributed by atoms with E-state index in [2.05, 4.69) is 98.9 Å². The molecule has 1 N–H and O–H groups in total. The quantitative estimate of drug-likeness (QED) is 0.0214. The van der Waals surface area contributed by atoms with Gasteiger partial charge < -0.3 is 18.9 Å². The SMILES string of the molecule is CC/C=C\C/C=C\C/C=C\C/C=C\C/C=C\CCCCCCCCCCOCC(COP(=O)(O)OCC[N+](C)(C)C)OC(=O)CCCCCCC/C=C\C/C=C\CCCCCC. The van der Waals surface area contributed by atoms with Crippen molar-refractivity contribution >= 4 is 13.8 Å². The van der Waals surface area contributed by atoms with Gasteiger partial charge in [-0.15, -0.1) is 0 Å². The first-order chi connectivity index (χ1) is 30.1. The average molecular weight is 889 g/mol. The number of phosphoric ester groups is 1. The summed E-state index contributed by atoms with van der Waals surface area (Å²) in [6.45, 7) is 5.44. The fourth-order valence-electron chi connectivity index (χ4n) is 6.37. The van der Waals surface area contributed by atoms with Crippen molar-refractivity contribution in [2.75, 3.05) is 54.1 Å². The Morgan fingerprint density at radius 2 is 0.935 bits per heavy atom. The van der Waals surface area contributed by atoms with Crippen LogP contribution in [0.5, 0.6) is 0 Å². The van der Waals surface area contributed by atoms with Crippen molar-refractivity contribution in [3.8, 4) is 0 Å². The lowest BCUT2D eigenvalue weighted by atomic mass is 10.1. The smallest absolute Gasteiger partial charge is 0.457 e. The molecule has 2 unspecified atom stereocenters. The predicted molar refractivity (Wildman–Crippen MR) is 265 cm³/mol. The standard InChI is InChI=1S/C53H94NO7P/c1-6-8-10-12-14-16-18-20-22-24-25-26-27-28-29-30-31-33-35-37-39-41-43-45-48-58-50-52(51-60-62(56,57)59-49-47-54(3,4)5)61-53(55)46-44-42-40-38-36-34-32-23-21-19-17-15-13-11-9-7-2/h8,10,14,16-17,19-20,22-23,25-26,28-29,32,52H,6-7,9,11-13,15,18,21,24,27,30-31,33-51H2,1-5H3/p+1/b10-8-,16-14-,19-17-,22-20-,26-25-,29-28-,32-23-. The molecule has 0 aliphatic rings. The van der Waals surface area contributed by atoms with Gasteiger partial charge in [0.25, 0.3) is 0 Å². The zero-order chi connectivity index (χ0) is 45.5. The van der Waals surface area contributed by atoms with Crippen molar-refractivity contribution in [1.82, 2.24) is 0 Å². The number of allylic oxidation sites excluding steroid dienone is 14. The molecule has 0 saturated heterocycles. The Hall–Kier alpha value is -2.32. The molecule has 0 bridgehead atoms. The Morgan fingerprint density at radius 3 is 1.40 bits per heavy atom. The van der Waals surface area contributed by atoms with Gasteiger partial charge in [-0.3, -0.25) is 13.8 Å². The molecule has 0 fully saturated rings. The molecule has 0 saturated carbocycles. The molecule has 0 spiro atoms. The molecule has 0 aromatic carbocycles. The third-order valence-electron chi connectivity index (χ3n) is 10.2. The number of unbranched alkanes of at least 4 members (excludes halogenated alkanes) is 17. The van der Waals surface area contributed by atoms with E-state index in [4.69, 9.17) is 18.5 Å². The van der Waals surface area contributed by atoms with Crippen molar-refractivity contribution in [1.29, 1.82) is 0 Å². The number of ether oxygens (including phenoxy) is 2. The van der Waals surface area contributed by atoms with Crippen LogP contribution in [0.3, 0.4) is 0 Å². The van der Waals surface area contributed by atoms with Gasteiger partial charge in [-0.2, -0.15) is 0 Å². The first-order valence-corrected chi connectivity index (χ1v) is 26.3. The maximum atomic E-state index is 12.7. The monoisotopic (exact) mass is 889 g/mol. The van der Waals surface area contributed by atoms with Crippen LogP contribution in [0.4, 0.5) is 0 Å². The van der Waals surface area contributed by atoms with Gasteiger partial charge in [0.05, 0.1) is 34.4 Å². The minimum atomic E-state index is -4.29. The molecule has 0 aromatic heterocycles. The molecule has 358 valence electrons. The number of nitrogens with zero attached hydrogens (tertiary/aromatic N) is 1. The van der Waals surface area contributed by atoms with E-state index < -0.39 is 13.9 Å². The highest BCUT2D eigenvalue weighted by Gasteiger charge is 2.26. The van der Waals surface area contributed by atoms with Gasteiger partial charge in [-0.25, -0.2) is 4.57 Å². The van der Waals surface area contributed by atoms with Crippen molar-refractivity contribution in [2.45, 2.75) is 193 Å². The number of hydrogen-bond donors (Lipinski definition) is 1. The maximum absolute atomic E-state index is 12.7. The lowest BCUT2D eigenvalue weighted by Gasteiger charge is -2.24. The average Bonchev–Trinajstić information content (AvgIpc) is 3.23. The van der Waals surface area contributed by atoms with E-state index in [-0.39, 0.29) is 25.8 Å². The number of rotatable bonds is 45. The van der Waals surface area contributed by atoms with Gasteiger partial charge in [0, 0.05) is 13.0 Å². The second kappa shape index (κ2) is 45.3. The van der Waals surface area contributed by atoms with Crippen molar-refractivity contribution in [3.63, 3.8) is 0 Å². The number of hydrogen-bond acceptors (Lipinski definition) is 6. The lowest BCUT2D eigenvalue weighted by Crippen LogP contribution is -2.37. The Kier molecular flexibility index (Phi) is 43.6. The first kappa shape index (κ1) is 59.7. The van der Waals surface area contributed by atoms with Crippen molar-refractivity contribution in [2.24, 2.45) is 0 Å². The van der Waals surface area contributed by atoms with E-state index in [0.29, 0.717) is 24.1 Å². The number of esters is 1. The second-order valence-electron chi connectivity index (χ2n) is 17.5. The zero-order valence-corrected chi connectivity index (χ0v) is 41.5. The molecule has 0 aliphatic carbocycles. The number of carbonyl (C=O) groups excluding carboxylic acids is 1. The minimum Gasteiger partial charge on any atom is -0.457 e. The van der Waals surface area contributed by atoms with E-state index in [0.717, 1.165) is 96.3 Å². The summed E-state index contributed by atoms with van der Waals surface area (Å²) >= 11 is 0. The highest BCUT2D eigenvalue weighted by molar-refractivity contribution is 7.47. The van der Waals surface area contributed by atoms with Gasteiger partial charge in [0.2, 0.25) is 0 Å². The number of likely N-dealkylation sites (N-methyl/N-ethyl adjacent to an activating group) is 1. The van der Waals surface area contributed by atoms with Gasteiger partial charge in [-0.05, 0) is 89.9 Å². The number of carbonyl (C=O) groups is 1. The largest absolute Gasteiger partial charge is 0.472 e. The molecule has 62 heavy (non-hydrogen) atoms. The predicted octanol–water partition coefficient (Wildman–Crippen LogP) is 15.2. The lowest BCUT2D eigenvalue weighted by molar-refractivity contribution is -0.870. The topological polar surface area (TPSA) is 91.3 Å². The molecule has 0 rings (SSSR count). The fraction of sp³-hybridized carbons (Fsp3) is 0.717. The van der Waals surface area contributed by atoms with E-state index in [1.165, 1.54) is 70.6 Å². The van der Waals surface area contributed by atoms with E-state index in [9.17, 15) is 14.3 Å². The third kappa shape index (κ3) is 48.7. The highest BCUT2D eigenvalue weighted by Crippen LogP contribution is 2.43. The van der Waals surface area contributed by atoms with E-state index in [1.807, 2.05) is 21.1 Å². The Labute approximate surface area is 382 Å². The minimum absolute atomic E-state index is 0.0796. The van der Waals surface area contributed by atoms with Crippen molar-refractivity contribution in [3.05, 3.63) is 85.1 Å². The van der Waals surface area contributed by atoms with Gasteiger partial charge in [0.1, 0.15) is 19.3 Å². The van der Waals surface area contributed by atoms with Gasteiger partial charge in [0.15, 0.2) is 0 Å². The first-order valence-electron chi connectivity index (χ1n) is 24.8. The summed E-state index contributed by atoms with van der Waals surface area (Å²) in [4.78, 5) is 23.0. The van der Waals surface area contributed by atoms with Gasteiger partial charge >= 0.3 is 13.8 Å². The molecule has 0 heterocycles. The molecular formula is C53H95NO7P+. The van der Waals surface area contributed by atoms with Crippen LogP contribution >= 0.6 is 7.82 Å². The van der Waals surface area contributed by atoms with Crippen molar-refractivity contribution < 1.29 is 37.3 Å². The molecule has 8 nitrogen and oxygen atoms in total. The molecule has 2 atom stereocenters. The van der Waals surface area contributed by atoms with Crippen LogP contribution in [0.2, 0.25) is 0 Å². The van der Waals surface area contributed by atoms with E-state index >= 15 is 0 Å². The molecule has 9 heteroatoms. The van der Waals surface area contributed by atoms with Crippen LogP contribution < -0.4 is 0 Å². The molecule has 0 amide bonds. The summed E-state index contributed by atoms with van der Waals surface area (Å²) in [5, 5.41) is 0.